The van der Waals surface area contributed by atoms with Crippen molar-refractivity contribution in [3.8, 4) is 0 Å². The SMILES string of the molecule is CCCCCCC(C)NC(=O)c1cc(Cl)ccc1F. The van der Waals surface area contributed by atoms with Crippen LogP contribution in [0, 0.1) is 5.82 Å². The average Bonchev–Trinajstić information content (AvgIpc) is 2.37. The molecule has 1 unspecified atom stereocenters. The second kappa shape index (κ2) is 8.16. The molecule has 106 valence electrons. The molecule has 19 heavy (non-hydrogen) atoms. The van der Waals surface area contributed by atoms with Crippen LogP contribution in [-0.2, 0) is 0 Å². The van der Waals surface area contributed by atoms with Crippen LogP contribution in [-0.4, -0.2) is 11.9 Å². The van der Waals surface area contributed by atoms with E-state index in [0.717, 1.165) is 12.8 Å². The molecule has 0 saturated heterocycles. The molecular formula is C15H21ClFNO. The highest BCUT2D eigenvalue weighted by atomic mass is 35.5. The molecule has 0 saturated carbocycles. The second-order valence-corrected chi connectivity index (χ2v) is 5.28. The third kappa shape index (κ3) is 5.60. The van der Waals surface area contributed by atoms with Crippen LogP contribution >= 0.6 is 11.6 Å². The third-order valence-corrected chi connectivity index (χ3v) is 3.28. The van der Waals surface area contributed by atoms with Crippen LogP contribution < -0.4 is 5.32 Å². The fraction of sp³-hybridized carbons (Fsp3) is 0.533. The number of amides is 1. The summed E-state index contributed by atoms with van der Waals surface area (Å²) in [6.07, 6.45) is 5.56. The maximum Gasteiger partial charge on any atom is 0.254 e. The molecule has 1 rings (SSSR count). The Morgan fingerprint density at radius 2 is 2.11 bits per heavy atom. The number of halogens is 2. The van der Waals surface area contributed by atoms with Gasteiger partial charge in [0.2, 0.25) is 0 Å². The zero-order valence-corrected chi connectivity index (χ0v) is 12.3. The summed E-state index contributed by atoms with van der Waals surface area (Å²) in [6, 6.07) is 4.05. The van der Waals surface area contributed by atoms with Crippen molar-refractivity contribution in [2.24, 2.45) is 0 Å². The summed E-state index contributed by atoms with van der Waals surface area (Å²) in [5.41, 5.74) is 0.00732. The Morgan fingerprint density at radius 3 is 2.79 bits per heavy atom. The van der Waals surface area contributed by atoms with E-state index in [9.17, 15) is 9.18 Å². The Balaban J connectivity index is 2.47. The van der Waals surface area contributed by atoms with Gasteiger partial charge in [-0.25, -0.2) is 4.39 Å². The summed E-state index contributed by atoms with van der Waals surface area (Å²) in [5, 5.41) is 3.17. The van der Waals surface area contributed by atoms with Crippen LogP contribution in [0.1, 0.15) is 56.3 Å². The van der Waals surface area contributed by atoms with Gasteiger partial charge in [-0.05, 0) is 31.5 Å². The molecule has 0 aliphatic heterocycles. The number of carbonyl (C=O) groups is 1. The number of hydrogen-bond donors (Lipinski definition) is 1. The van der Waals surface area contributed by atoms with Gasteiger partial charge in [0.05, 0.1) is 5.56 Å². The molecule has 4 heteroatoms. The first-order valence-corrected chi connectivity index (χ1v) is 7.18. The van der Waals surface area contributed by atoms with Gasteiger partial charge in [-0.15, -0.1) is 0 Å². The standard InChI is InChI=1S/C15H21ClFNO/c1-3-4-5-6-7-11(2)18-15(19)13-10-12(16)8-9-14(13)17/h8-11H,3-7H2,1-2H3,(H,18,19). The van der Waals surface area contributed by atoms with E-state index in [0.29, 0.717) is 5.02 Å². The fourth-order valence-electron chi connectivity index (χ4n) is 1.92. The van der Waals surface area contributed by atoms with E-state index in [-0.39, 0.29) is 11.6 Å². The lowest BCUT2D eigenvalue weighted by molar-refractivity contribution is 0.0934. The van der Waals surface area contributed by atoms with Crippen LogP contribution in [0.25, 0.3) is 0 Å². The van der Waals surface area contributed by atoms with Crippen LogP contribution in [0.5, 0.6) is 0 Å². The Bertz CT molecular complexity index is 423. The summed E-state index contributed by atoms with van der Waals surface area (Å²) >= 11 is 5.77. The second-order valence-electron chi connectivity index (χ2n) is 4.85. The van der Waals surface area contributed by atoms with Gasteiger partial charge in [-0.2, -0.15) is 0 Å². The summed E-state index contributed by atoms with van der Waals surface area (Å²) in [4.78, 5) is 11.9. The van der Waals surface area contributed by atoms with Crippen molar-refractivity contribution in [2.75, 3.05) is 0 Å². The number of hydrogen-bond acceptors (Lipinski definition) is 1. The molecule has 1 N–H and O–H groups in total. The lowest BCUT2D eigenvalue weighted by Crippen LogP contribution is -2.33. The smallest absolute Gasteiger partial charge is 0.254 e. The van der Waals surface area contributed by atoms with Gasteiger partial charge in [-0.3, -0.25) is 4.79 Å². The molecule has 0 radical (unpaired) electrons. The van der Waals surface area contributed by atoms with Gasteiger partial charge in [0.25, 0.3) is 5.91 Å². The summed E-state index contributed by atoms with van der Waals surface area (Å²) in [7, 11) is 0. The average molecular weight is 286 g/mol. The number of rotatable bonds is 7. The Kier molecular flexibility index (Phi) is 6.85. The third-order valence-electron chi connectivity index (χ3n) is 3.04. The molecule has 0 fully saturated rings. The van der Waals surface area contributed by atoms with Crippen LogP contribution in [0.3, 0.4) is 0 Å². The number of benzene rings is 1. The molecule has 0 spiro atoms. The lowest BCUT2D eigenvalue weighted by atomic mass is 10.1. The monoisotopic (exact) mass is 285 g/mol. The fourth-order valence-corrected chi connectivity index (χ4v) is 2.09. The van der Waals surface area contributed by atoms with Gasteiger partial charge in [0.15, 0.2) is 0 Å². The first kappa shape index (κ1) is 16.0. The van der Waals surface area contributed by atoms with Gasteiger partial charge in [0.1, 0.15) is 5.82 Å². The molecule has 0 bridgehead atoms. The summed E-state index contributed by atoms with van der Waals surface area (Å²) in [6.45, 7) is 4.10. The maximum absolute atomic E-state index is 13.5. The minimum absolute atomic E-state index is 0.00732. The Hall–Kier alpha value is -1.09. The van der Waals surface area contributed by atoms with E-state index in [1.807, 2.05) is 6.92 Å². The van der Waals surface area contributed by atoms with Crippen LogP contribution in [0.2, 0.25) is 5.02 Å². The van der Waals surface area contributed by atoms with Gasteiger partial charge >= 0.3 is 0 Å². The predicted molar refractivity (Wildman–Crippen MR) is 77.1 cm³/mol. The van der Waals surface area contributed by atoms with Crippen molar-refractivity contribution in [1.82, 2.24) is 5.32 Å². The number of nitrogens with one attached hydrogen (secondary N) is 1. The predicted octanol–water partition coefficient (Wildman–Crippen LogP) is 4.57. The highest BCUT2D eigenvalue weighted by molar-refractivity contribution is 6.31. The molecule has 2 nitrogen and oxygen atoms in total. The molecule has 1 atom stereocenters. The molecule has 0 aliphatic rings. The maximum atomic E-state index is 13.5. The van der Waals surface area contributed by atoms with Gasteiger partial charge in [0, 0.05) is 11.1 Å². The van der Waals surface area contributed by atoms with E-state index in [1.54, 1.807) is 0 Å². The molecule has 1 aromatic rings. The minimum atomic E-state index is -0.542. The molecule has 1 amide bonds. The number of carbonyl (C=O) groups excluding carboxylic acids is 1. The topological polar surface area (TPSA) is 29.1 Å². The number of unbranched alkanes of at least 4 members (excludes halogenated alkanes) is 3. The van der Waals surface area contributed by atoms with Crippen molar-refractivity contribution >= 4 is 17.5 Å². The molecule has 0 aromatic heterocycles. The van der Waals surface area contributed by atoms with Crippen molar-refractivity contribution in [3.63, 3.8) is 0 Å². The highest BCUT2D eigenvalue weighted by Crippen LogP contribution is 2.15. The zero-order chi connectivity index (χ0) is 14.3. The summed E-state index contributed by atoms with van der Waals surface area (Å²) < 4.78 is 13.5. The van der Waals surface area contributed by atoms with Crippen molar-refractivity contribution in [1.29, 1.82) is 0 Å². The van der Waals surface area contributed by atoms with Crippen molar-refractivity contribution in [2.45, 2.75) is 52.0 Å². The van der Waals surface area contributed by atoms with Gasteiger partial charge < -0.3 is 5.32 Å². The first-order valence-electron chi connectivity index (χ1n) is 6.80. The van der Waals surface area contributed by atoms with Crippen molar-refractivity contribution < 1.29 is 9.18 Å². The van der Waals surface area contributed by atoms with E-state index < -0.39 is 11.7 Å². The normalized spacial score (nSPS) is 12.2. The summed E-state index contributed by atoms with van der Waals surface area (Å²) in [5.74, 6) is -0.942. The van der Waals surface area contributed by atoms with Crippen LogP contribution in [0.15, 0.2) is 18.2 Å². The minimum Gasteiger partial charge on any atom is -0.349 e. The first-order chi connectivity index (χ1) is 9.04. The lowest BCUT2D eigenvalue weighted by Gasteiger charge is -2.14. The molecule has 0 aliphatic carbocycles. The molecular weight excluding hydrogens is 265 g/mol. The zero-order valence-electron chi connectivity index (χ0n) is 11.5. The van der Waals surface area contributed by atoms with E-state index in [1.165, 1.54) is 37.5 Å². The van der Waals surface area contributed by atoms with E-state index in [2.05, 4.69) is 12.2 Å². The quantitative estimate of drug-likeness (QED) is 0.731. The van der Waals surface area contributed by atoms with E-state index >= 15 is 0 Å². The van der Waals surface area contributed by atoms with Crippen LogP contribution in [0.4, 0.5) is 4.39 Å². The largest absolute Gasteiger partial charge is 0.349 e. The highest BCUT2D eigenvalue weighted by Gasteiger charge is 2.14. The Morgan fingerprint density at radius 1 is 1.37 bits per heavy atom. The Labute approximate surface area is 119 Å². The van der Waals surface area contributed by atoms with E-state index in [4.69, 9.17) is 11.6 Å². The molecule has 1 aromatic carbocycles. The van der Waals surface area contributed by atoms with Gasteiger partial charge in [-0.1, -0.05) is 44.2 Å². The molecule has 0 heterocycles. The van der Waals surface area contributed by atoms with Crippen molar-refractivity contribution in [3.05, 3.63) is 34.6 Å².